The third kappa shape index (κ3) is 3.22. The Morgan fingerprint density at radius 3 is 2.65 bits per heavy atom. The molecule has 0 atom stereocenters. The molecular weight excluding hydrogens is 252 g/mol. The van der Waals surface area contributed by atoms with Crippen molar-refractivity contribution in [2.75, 3.05) is 18.0 Å². The first kappa shape index (κ1) is 12.4. The summed E-state index contributed by atoms with van der Waals surface area (Å²) in [6.07, 6.45) is 0. The summed E-state index contributed by atoms with van der Waals surface area (Å²) in [5.74, 6) is 0. The molecule has 0 aliphatic carbocycles. The van der Waals surface area contributed by atoms with Crippen LogP contribution in [0.3, 0.4) is 0 Å². The largest absolute Gasteiger partial charge is 0.364 e. The van der Waals surface area contributed by atoms with Gasteiger partial charge in [0.25, 0.3) is 0 Å². The zero-order valence-electron chi connectivity index (χ0n) is 9.47. The molecule has 2 nitrogen and oxygen atoms in total. The van der Waals surface area contributed by atoms with Gasteiger partial charge in [-0.3, -0.25) is 0 Å². The molecule has 90 valence electrons. The fraction of sp³-hybridized carbons (Fsp3) is 0.231. The molecule has 0 amide bonds. The van der Waals surface area contributed by atoms with Crippen molar-refractivity contribution in [3.05, 3.63) is 51.7 Å². The number of hydrogen-bond donors (Lipinski definition) is 1. The van der Waals surface area contributed by atoms with Gasteiger partial charge >= 0.3 is 0 Å². The molecule has 0 bridgehead atoms. The van der Waals surface area contributed by atoms with Crippen molar-refractivity contribution in [3.8, 4) is 0 Å². The van der Waals surface area contributed by atoms with Gasteiger partial charge in [0.15, 0.2) is 0 Å². The second-order valence-corrected chi connectivity index (χ2v) is 5.18. The Bertz CT molecular complexity index is 456. The lowest BCUT2D eigenvalue weighted by Gasteiger charge is -2.24. The number of rotatable bonds is 5. The van der Waals surface area contributed by atoms with Crippen LogP contribution in [0.5, 0.6) is 0 Å². The Morgan fingerprint density at radius 2 is 2.00 bits per heavy atom. The van der Waals surface area contributed by atoms with E-state index in [1.807, 2.05) is 24.3 Å². The summed E-state index contributed by atoms with van der Waals surface area (Å²) in [4.78, 5) is 3.53. The van der Waals surface area contributed by atoms with Crippen LogP contribution in [0.4, 0.5) is 5.69 Å². The van der Waals surface area contributed by atoms with Gasteiger partial charge in [0.2, 0.25) is 0 Å². The zero-order valence-corrected chi connectivity index (χ0v) is 11.0. The topological polar surface area (TPSA) is 29.3 Å². The van der Waals surface area contributed by atoms with Crippen LogP contribution in [0.2, 0.25) is 5.02 Å². The highest BCUT2D eigenvalue weighted by Crippen LogP contribution is 2.27. The van der Waals surface area contributed by atoms with Gasteiger partial charge in [-0.05, 0) is 23.6 Å². The van der Waals surface area contributed by atoms with Crippen LogP contribution in [-0.2, 0) is 6.54 Å². The highest BCUT2D eigenvalue weighted by molar-refractivity contribution is 7.09. The van der Waals surface area contributed by atoms with Gasteiger partial charge in [0, 0.05) is 18.0 Å². The van der Waals surface area contributed by atoms with Crippen LogP contribution in [0.1, 0.15) is 4.88 Å². The van der Waals surface area contributed by atoms with Gasteiger partial charge in [0.1, 0.15) is 0 Å². The summed E-state index contributed by atoms with van der Waals surface area (Å²) >= 11 is 7.97. The van der Waals surface area contributed by atoms with Crippen molar-refractivity contribution in [1.29, 1.82) is 0 Å². The van der Waals surface area contributed by atoms with Gasteiger partial charge in [0.05, 0.1) is 17.3 Å². The standard InChI is InChI=1S/C13H15ClN2S/c14-12-5-1-2-6-13(12)16(8-7-15)10-11-4-3-9-17-11/h1-6,9H,7-8,10,15H2. The second-order valence-electron chi connectivity index (χ2n) is 3.74. The number of benzene rings is 1. The quantitative estimate of drug-likeness (QED) is 0.899. The SMILES string of the molecule is NCCN(Cc1cccs1)c1ccccc1Cl. The first-order chi connectivity index (χ1) is 8.31. The maximum absolute atomic E-state index is 6.22. The molecule has 2 rings (SSSR count). The molecule has 0 unspecified atom stereocenters. The van der Waals surface area contributed by atoms with E-state index in [1.165, 1.54) is 4.88 Å². The number of hydrogen-bond acceptors (Lipinski definition) is 3. The zero-order chi connectivity index (χ0) is 12.1. The number of halogens is 1. The van der Waals surface area contributed by atoms with E-state index in [0.29, 0.717) is 6.54 Å². The summed E-state index contributed by atoms with van der Waals surface area (Å²) in [6.45, 7) is 2.29. The average Bonchev–Trinajstić information content (AvgIpc) is 2.82. The Balaban J connectivity index is 2.20. The van der Waals surface area contributed by atoms with Crippen LogP contribution >= 0.6 is 22.9 Å². The molecule has 2 N–H and O–H groups in total. The van der Waals surface area contributed by atoms with Crippen molar-refractivity contribution >= 4 is 28.6 Å². The molecule has 0 radical (unpaired) electrons. The summed E-state index contributed by atoms with van der Waals surface area (Å²) in [6, 6.07) is 12.1. The minimum atomic E-state index is 0.622. The minimum absolute atomic E-state index is 0.622. The van der Waals surface area contributed by atoms with Crippen molar-refractivity contribution < 1.29 is 0 Å². The molecule has 0 saturated heterocycles. The van der Waals surface area contributed by atoms with Crippen LogP contribution in [-0.4, -0.2) is 13.1 Å². The Hall–Kier alpha value is -1.03. The lowest BCUT2D eigenvalue weighted by atomic mass is 10.2. The molecular formula is C13H15ClN2S. The highest BCUT2D eigenvalue weighted by atomic mass is 35.5. The van der Waals surface area contributed by atoms with E-state index in [1.54, 1.807) is 11.3 Å². The lowest BCUT2D eigenvalue weighted by Crippen LogP contribution is -2.28. The number of thiophene rings is 1. The molecule has 0 aliphatic heterocycles. The Labute approximate surface area is 111 Å². The maximum atomic E-state index is 6.22. The van der Waals surface area contributed by atoms with Gasteiger partial charge in [-0.1, -0.05) is 29.8 Å². The molecule has 0 aliphatic rings. The number of para-hydroxylation sites is 1. The molecule has 2 aromatic rings. The molecule has 4 heteroatoms. The number of anilines is 1. The van der Waals surface area contributed by atoms with Crippen LogP contribution in [0, 0.1) is 0 Å². The first-order valence-corrected chi connectivity index (χ1v) is 6.79. The van der Waals surface area contributed by atoms with Crippen LogP contribution in [0.25, 0.3) is 0 Å². The molecule has 1 aromatic carbocycles. The molecule has 1 heterocycles. The Kier molecular flexibility index (Phi) is 4.42. The molecule has 0 spiro atoms. The third-order valence-electron chi connectivity index (χ3n) is 2.52. The Morgan fingerprint density at radius 1 is 1.18 bits per heavy atom. The van der Waals surface area contributed by atoms with E-state index in [2.05, 4.69) is 22.4 Å². The van der Waals surface area contributed by atoms with E-state index < -0.39 is 0 Å². The van der Waals surface area contributed by atoms with Gasteiger partial charge in [-0.2, -0.15) is 0 Å². The van der Waals surface area contributed by atoms with E-state index in [4.69, 9.17) is 17.3 Å². The maximum Gasteiger partial charge on any atom is 0.0639 e. The van der Waals surface area contributed by atoms with Gasteiger partial charge < -0.3 is 10.6 Å². The van der Waals surface area contributed by atoms with E-state index in [9.17, 15) is 0 Å². The summed E-state index contributed by atoms with van der Waals surface area (Å²) < 4.78 is 0. The smallest absolute Gasteiger partial charge is 0.0639 e. The van der Waals surface area contributed by atoms with Crippen molar-refractivity contribution in [2.24, 2.45) is 5.73 Å². The van der Waals surface area contributed by atoms with Gasteiger partial charge in [-0.15, -0.1) is 11.3 Å². The third-order valence-corrected chi connectivity index (χ3v) is 3.70. The molecule has 0 saturated carbocycles. The molecule has 0 fully saturated rings. The summed E-state index contributed by atoms with van der Waals surface area (Å²) in [7, 11) is 0. The summed E-state index contributed by atoms with van der Waals surface area (Å²) in [5.41, 5.74) is 6.71. The lowest BCUT2D eigenvalue weighted by molar-refractivity contribution is 0.798. The fourth-order valence-electron chi connectivity index (χ4n) is 1.74. The molecule has 1 aromatic heterocycles. The van der Waals surface area contributed by atoms with Gasteiger partial charge in [-0.25, -0.2) is 0 Å². The minimum Gasteiger partial charge on any atom is -0.364 e. The van der Waals surface area contributed by atoms with Crippen molar-refractivity contribution in [2.45, 2.75) is 6.54 Å². The normalized spacial score (nSPS) is 10.5. The van der Waals surface area contributed by atoms with Crippen LogP contribution < -0.4 is 10.6 Å². The molecule has 17 heavy (non-hydrogen) atoms. The second kappa shape index (κ2) is 6.05. The van der Waals surface area contributed by atoms with E-state index >= 15 is 0 Å². The van der Waals surface area contributed by atoms with Crippen molar-refractivity contribution in [1.82, 2.24) is 0 Å². The number of nitrogens with zero attached hydrogens (tertiary/aromatic N) is 1. The van der Waals surface area contributed by atoms with Crippen molar-refractivity contribution in [3.63, 3.8) is 0 Å². The number of nitrogens with two attached hydrogens (primary N) is 1. The predicted molar refractivity (Wildman–Crippen MR) is 75.9 cm³/mol. The van der Waals surface area contributed by atoms with Crippen LogP contribution in [0.15, 0.2) is 41.8 Å². The van der Waals surface area contributed by atoms with E-state index in [0.717, 1.165) is 23.8 Å². The van der Waals surface area contributed by atoms with E-state index in [-0.39, 0.29) is 0 Å². The predicted octanol–water partition coefficient (Wildman–Crippen LogP) is 3.37. The monoisotopic (exact) mass is 266 g/mol. The average molecular weight is 267 g/mol. The highest BCUT2D eigenvalue weighted by Gasteiger charge is 2.10. The fourth-order valence-corrected chi connectivity index (χ4v) is 2.71. The first-order valence-electron chi connectivity index (χ1n) is 5.53. The summed E-state index contributed by atoms with van der Waals surface area (Å²) in [5, 5.41) is 2.86.